The molecular formula is C52H120Si2. The summed E-state index contributed by atoms with van der Waals surface area (Å²) < 4.78 is 20.9. The highest BCUT2D eigenvalue weighted by Crippen LogP contribution is 2.36. The van der Waals surface area contributed by atoms with Gasteiger partial charge in [-0.05, 0) is 65.6 Å². The van der Waals surface area contributed by atoms with E-state index >= 15 is 0 Å². The third-order valence-corrected chi connectivity index (χ3v) is 14.3. The maximum atomic E-state index is 6.98. The third kappa shape index (κ3) is 77.0. The second-order valence-electron chi connectivity index (χ2n) is 23.6. The lowest BCUT2D eigenvalue weighted by Gasteiger charge is -2.28. The first kappa shape index (κ1) is 58.7. The average molecular weight is 805 g/mol. The van der Waals surface area contributed by atoms with Gasteiger partial charge < -0.3 is 0 Å². The van der Waals surface area contributed by atoms with Crippen molar-refractivity contribution in [2.24, 2.45) is 27.1 Å². The van der Waals surface area contributed by atoms with Gasteiger partial charge in [-0.3, -0.25) is 0 Å². The molecule has 3 aliphatic rings. The Bertz CT molecular complexity index is 747. The second kappa shape index (κ2) is 36.5. The van der Waals surface area contributed by atoms with Gasteiger partial charge in [-0.15, -0.1) is 0 Å². The molecule has 3 rings (SSSR count). The lowest BCUT2D eigenvalue weighted by molar-refractivity contribution is 0.244. The Balaban J connectivity index is -0.000000131. The van der Waals surface area contributed by atoms with E-state index in [4.69, 9.17) is 4.11 Å². The van der Waals surface area contributed by atoms with Crippen LogP contribution in [0.5, 0.6) is 0 Å². The van der Waals surface area contributed by atoms with Gasteiger partial charge >= 0.3 is 0 Å². The minimum Gasteiger partial charge on any atom is -0.0697 e. The van der Waals surface area contributed by atoms with Crippen molar-refractivity contribution in [3.63, 3.8) is 0 Å². The summed E-state index contributed by atoms with van der Waals surface area (Å²) in [6.07, 6.45) is 27.0. The zero-order chi connectivity index (χ0) is 46.8. The summed E-state index contributed by atoms with van der Waals surface area (Å²) >= 11 is 0. The van der Waals surface area contributed by atoms with Crippen molar-refractivity contribution in [1.82, 2.24) is 0 Å². The summed E-state index contributed by atoms with van der Waals surface area (Å²) in [7, 11) is -2.51. The summed E-state index contributed by atoms with van der Waals surface area (Å²) in [4.78, 5) is 0. The van der Waals surface area contributed by atoms with Gasteiger partial charge in [0.05, 0.1) is 0 Å². The number of hydrogen-bond acceptors (Lipinski definition) is 0. The molecule has 3 fully saturated rings. The van der Waals surface area contributed by atoms with Gasteiger partial charge in [-0.1, -0.05) is 273 Å². The van der Waals surface area contributed by atoms with Crippen molar-refractivity contribution in [2.75, 3.05) is 0 Å². The zero-order valence-corrected chi connectivity index (χ0v) is 45.8. The Hall–Kier alpha value is 0.434. The predicted octanol–water partition coefficient (Wildman–Crippen LogP) is 21.3. The van der Waals surface area contributed by atoms with Crippen LogP contribution in [-0.2, 0) is 0 Å². The van der Waals surface area contributed by atoms with E-state index in [0.29, 0.717) is 27.1 Å². The minimum atomic E-state index is -1.86. The maximum absolute atomic E-state index is 6.98. The van der Waals surface area contributed by atoms with Crippen molar-refractivity contribution in [3.05, 3.63) is 0 Å². The Kier molecular flexibility index (Phi) is 39.7. The van der Waals surface area contributed by atoms with Crippen molar-refractivity contribution in [3.8, 4) is 0 Å². The summed E-state index contributed by atoms with van der Waals surface area (Å²) in [5, 5.41) is 0. The van der Waals surface area contributed by atoms with E-state index in [-0.39, 0.29) is 0 Å². The van der Waals surface area contributed by atoms with Crippen molar-refractivity contribution < 1.29 is 4.11 Å². The van der Waals surface area contributed by atoms with E-state index in [9.17, 15) is 0 Å². The molecule has 0 spiro atoms. The predicted molar refractivity (Wildman–Crippen MR) is 270 cm³/mol. The molecule has 0 aromatic carbocycles. The Morgan fingerprint density at radius 3 is 0.685 bits per heavy atom. The van der Waals surface area contributed by atoms with Crippen LogP contribution in [0.3, 0.4) is 0 Å². The highest BCUT2D eigenvalue weighted by Gasteiger charge is 2.22. The smallest absolute Gasteiger partial charge is 0.0468 e. The molecule has 2 heteroatoms. The highest BCUT2D eigenvalue weighted by molar-refractivity contribution is 6.77. The van der Waals surface area contributed by atoms with E-state index in [1.165, 1.54) is 134 Å². The van der Waals surface area contributed by atoms with Crippen LogP contribution < -0.4 is 0 Å². The molecule has 0 aliphatic heterocycles. The van der Waals surface area contributed by atoms with Crippen molar-refractivity contribution in [1.29, 1.82) is 0 Å². The van der Waals surface area contributed by atoms with Gasteiger partial charge in [0.2, 0.25) is 0 Å². The van der Waals surface area contributed by atoms with E-state index in [1.54, 1.807) is 0 Å². The standard InChI is InChI=1S/C9H18.C8H16.C7H14.C7H16.C6H16Si.C5H12.C4H12Si.2C3H8/c1-9(2)7-5-3-4-6-8-9;1-8(2)6-4-3-5-7-8;1-7(2)5-3-4-6-7;2*1-5-7(3,4)6-2;2*1-5(2,3)4;2*1-3-2/h3-8H2,1-2H3;3-7H2,1-2H3;3-6H2,1-2H3;2*5-6H2,1-4H3;2*1-4H3;2*3H2,1-2H3/i;;;;;;1D3;;. The molecule has 3 aliphatic carbocycles. The Morgan fingerprint density at radius 2 is 0.593 bits per heavy atom. The van der Waals surface area contributed by atoms with Crippen molar-refractivity contribution >= 4 is 16.1 Å². The van der Waals surface area contributed by atoms with Crippen LogP contribution in [0.4, 0.5) is 0 Å². The van der Waals surface area contributed by atoms with Gasteiger partial charge in [0.25, 0.3) is 0 Å². The van der Waals surface area contributed by atoms with Crippen molar-refractivity contribution in [2.45, 2.75) is 312 Å². The Morgan fingerprint density at radius 1 is 0.426 bits per heavy atom. The highest BCUT2D eigenvalue weighted by atomic mass is 28.3. The molecule has 0 saturated heterocycles. The molecule has 0 amide bonds. The molecule has 0 heterocycles. The fourth-order valence-corrected chi connectivity index (χ4v) is 5.53. The fraction of sp³-hybridized carbons (Fsp3) is 1.00. The van der Waals surface area contributed by atoms with Gasteiger partial charge in [-0.25, -0.2) is 0 Å². The molecule has 0 aromatic rings. The van der Waals surface area contributed by atoms with Crippen LogP contribution in [0.15, 0.2) is 0 Å². The average Bonchev–Trinajstić information content (AvgIpc) is 3.35. The number of rotatable bonds is 4. The van der Waals surface area contributed by atoms with Gasteiger partial charge in [0, 0.05) is 20.3 Å². The van der Waals surface area contributed by atoms with Crippen LogP contribution in [0.25, 0.3) is 0 Å². The zero-order valence-electron chi connectivity index (χ0n) is 46.8. The van der Waals surface area contributed by atoms with E-state index in [1.807, 2.05) is 19.6 Å². The molecule has 0 unspecified atom stereocenters. The van der Waals surface area contributed by atoms with Crippen LogP contribution in [0, 0.1) is 27.1 Å². The summed E-state index contributed by atoms with van der Waals surface area (Å²) in [6, 6.07) is 2.87. The van der Waals surface area contributed by atoms with Gasteiger partial charge in [-0.2, -0.15) is 0 Å². The molecule has 54 heavy (non-hydrogen) atoms. The molecular weight excluding hydrogens is 681 g/mol. The van der Waals surface area contributed by atoms with Gasteiger partial charge in [0.15, 0.2) is 0 Å². The first-order chi connectivity index (χ1) is 25.4. The monoisotopic (exact) mass is 804 g/mol. The van der Waals surface area contributed by atoms with E-state index < -0.39 is 22.6 Å². The molecule has 0 atom stereocenters. The largest absolute Gasteiger partial charge is 0.0697 e. The fourth-order valence-electron chi connectivity index (χ4n) is 5.03. The topological polar surface area (TPSA) is 0 Å². The molecule has 0 N–H and O–H groups in total. The van der Waals surface area contributed by atoms with Crippen LogP contribution in [0.2, 0.25) is 51.3 Å². The SMILES string of the molecule is CC(C)(C)C.CC1(C)CCCC1.CC1(C)CCCCC1.CC1(C)CCCCCC1.CCC.CCC.CCC(C)(C)CC.CC[Si](C)(C)CC.[2H]C([2H])([2H])[Si](C)(C)C. The van der Waals surface area contributed by atoms with Crippen LogP contribution in [0.1, 0.15) is 265 Å². The summed E-state index contributed by atoms with van der Waals surface area (Å²) in [6.45, 7) is 54.0. The first-order valence-electron chi connectivity index (χ1n) is 25.4. The lowest BCUT2D eigenvalue weighted by atomic mass is 9.78. The van der Waals surface area contributed by atoms with Gasteiger partial charge in [0.1, 0.15) is 0 Å². The molecule has 0 aromatic heterocycles. The second-order valence-corrected chi connectivity index (χ2v) is 33.8. The van der Waals surface area contributed by atoms with Crippen LogP contribution >= 0.6 is 0 Å². The molecule has 0 nitrogen and oxygen atoms in total. The normalized spacial score (nSPS) is 19.4. The molecule has 3 saturated carbocycles. The van der Waals surface area contributed by atoms with E-state index in [2.05, 4.69) is 152 Å². The van der Waals surface area contributed by atoms with Crippen LogP contribution in [-0.4, -0.2) is 16.1 Å². The summed E-state index contributed by atoms with van der Waals surface area (Å²) in [5.41, 5.74) is 3.12. The molecule has 336 valence electrons. The Labute approximate surface area is 357 Å². The quantitative estimate of drug-likeness (QED) is 0.196. The van der Waals surface area contributed by atoms with E-state index in [0.717, 1.165) is 0 Å². The molecule has 0 radical (unpaired) electrons. The first-order valence-corrected chi connectivity index (χ1v) is 30.9. The summed E-state index contributed by atoms with van der Waals surface area (Å²) in [5.74, 6) is 0. The molecule has 0 bridgehead atoms. The minimum absolute atomic E-state index is 0.500. The maximum Gasteiger partial charge on any atom is 0.0468 e. The third-order valence-electron chi connectivity index (χ3n) is 10.4. The number of hydrogen-bond donors (Lipinski definition) is 0. The lowest BCUT2D eigenvalue weighted by Crippen LogP contribution is -2.21.